The van der Waals surface area contributed by atoms with Crippen molar-refractivity contribution in [2.24, 2.45) is 0 Å². The zero-order valence-corrected chi connectivity index (χ0v) is 20.4. The Morgan fingerprint density at radius 3 is 2.14 bits per heavy atom. The van der Waals surface area contributed by atoms with Crippen LogP contribution in [-0.2, 0) is 0 Å². The normalized spacial score (nSPS) is 10.2. The molecule has 0 saturated heterocycles. The van der Waals surface area contributed by atoms with E-state index in [-0.39, 0.29) is 8.93 Å². The van der Waals surface area contributed by atoms with E-state index in [1.165, 1.54) is 0 Å². The molecule has 4 rings (SSSR count). The molecule has 0 aliphatic rings. The predicted octanol–water partition coefficient (Wildman–Crippen LogP) is 7.32. The van der Waals surface area contributed by atoms with Gasteiger partial charge in [-0.15, -0.1) is 47.3 Å². The van der Waals surface area contributed by atoms with E-state index in [0.29, 0.717) is 5.02 Å². The molecule has 2 N–H and O–H groups in total. The number of phenolic OH excluding ortho intramolecular Hbond substituents is 1. The van der Waals surface area contributed by atoms with Gasteiger partial charge in [-0.1, -0.05) is 48.0 Å². The fraction of sp³-hybridized carbons (Fsp3) is 0. The highest BCUT2D eigenvalue weighted by Gasteiger charge is 2.16. The van der Waals surface area contributed by atoms with Crippen LogP contribution in [0.5, 0.6) is 5.75 Å². The molecular formula is C20H14BBr3ClN3O. The molecule has 0 bridgehead atoms. The number of hydrogen-bond donors (Lipinski definition) is 2. The molecule has 0 aliphatic heterocycles. The highest BCUT2D eigenvalue weighted by Crippen LogP contribution is 2.35. The van der Waals surface area contributed by atoms with Crippen molar-refractivity contribution in [3.05, 3.63) is 78.1 Å². The van der Waals surface area contributed by atoms with Gasteiger partial charge in [-0.3, -0.25) is 4.98 Å². The maximum absolute atomic E-state index is 9.97. The average Bonchev–Trinajstić information content (AvgIpc) is 3.16. The van der Waals surface area contributed by atoms with Crippen molar-refractivity contribution in [2.45, 2.75) is 0 Å². The van der Waals surface area contributed by atoms with Crippen LogP contribution in [0.15, 0.2) is 73.1 Å². The van der Waals surface area contributed by atoms with Crippen molar-refractivity contribution >= 4 is 62.1 Å². The fourth-order valence-corrected chi connectivity index (χ4v) is 2.82. The molecule has 0 unspecified atom stereocenters. The summed E-state index contributed by atoms with van der Waals surface area (Å²) in [4.78, 5) is 12.2. The Hall–Kier alpha value is -1.61. The number of H-pyrrole nitrogens is 1. The first-order chi connectivity index (χ1) is 14.0. The summed E-state index contributed by atoms with van der Waals surface area (Å²) in [7, 11) is 0. The minimum atomic E-state index is 0.0316. The predicted molar refractivity (Wildman–Crippen MR) is 132 cm³/mol. The van der Waals surface area contributed by atoms with E-state index >= 15 is 0 Å². The zero-order valence-electron chi connectivity index (χ0n) is 14.9. The highest BCUT2D eigenvalue weighted by molar-refractivity contribution is 9.69. The number of imidazole rings is 1. The Labute approximate surface area is 198 Å². The van der Waals surface area contributed by atoms with Crippen LogP contribution in [0.25, 0.3) is 33.9 Å². The molecule has 2 aromatic carbocycles. The van der Waals surface area contributed by atoms with Gasteiger partial charge in [0.05, 0.1) is 16.4 Å². The number of pyridine rings is 1. The molecule has 0 amide bonds. The van der Waals surface area contributed by atoms with Crippen LogP contribution >= 0.6 is 58.9 Å². The average molecular weight is 598 g/mol. The SMILES string of the molecule is BrB(Br)Br.Oc1cc(-c2nc(-c3ccccc3)[nH]c2-c2ccncc2)ccc1Cl. The maximum Gasteiger partial charge on any atom is 0.369 e. The van der Waals surface area contributed by atoms with Gasteiger partial charge >= 0.3 is 3.18 Å². The van der Waals surface area contributed by atoms with Gasteiger partial charge < -0.3 is 10.1 Å². The number of aromatic amines is 1. The van der Waals surface area contributed by atoms with Crippen molar-refractivity contribution in [3.8, 4) is 39.7 Å². The van der Waals surface area contributed by atoms with E-state index in [9.17, 15) is 5.11 Å². The number of halogens is 4. The molecule has 146 valence electrons. The Morgan fingerprint density at radius 2 is 1.52 bits per heavy atom. The van der Waals surface area contributed by atoms with E-state index in [1.807, 2.05) is 48.5 Å². The second kappa shape index (κ2) is 10.4. The third-order valence-electron chi connectivity index (χ3n) is 3.94. The van der Waals surface area contributed by atoms with Crippen LogP contribution in [0.4, 0.5) is 0 Å². The van der Waals surface area contributed by atoms with Gasteiger partial charge in [-0.2, -0.15) is 0 Å². The molecule has 0 aliphatic carbocycles. The van der Waals surface area contributed by atoms with Gasteiger partial charge in [0, 0.05) is 29.1 Å². The number of rotatable bonds is 3. The van der Waals surface area contributed by atoms with Crippen LogP contribution in [0, 0.1) is 0 Å². The molecule has 9 heteroatoms. The van der Waals surface area contributed by atoms with Gasteiger partial charge in [0.15, 0.2) is 0 Å². The van der Waals surface area contributed by atoms with E-state index in [4.69, 9.17) is 16.6 Å². The summed E-state index contributed by atoms with van der Waals surface area (Å²) in [6, 6.07) is 18.9. The molecule has 2 heterocycles. The van der Waals surface area contributed by atoms with Crippen molar-refractivity contribution in [1.29, 1.82) is 0 Å². The Balaban J connectivity index is 0.000000552. The van der Waals surface area contributed by atoms with E-state index < -0.39 is 0 Å². The van der Waals surface area contributed by atoms with Crippen molar-refractivity contribution in [1.82, 2.24) is 15.0 Å². The first-order valence-electron chi connectivity index (χ1n) is 8.42. The molecular weight excluding hydrogens is 584 g/mol. The number of benzene rings is 2. The van der Waals surface area contributed by atoms with Gasteiger partial charge in [0.1, 0.15) is 11.6 Å². The smallest absolute Gasteiger partial charge is 0.369 e. The summed E-state index contributed by atoms with van der Waals surface area (Å²) < 4.78 is 0.271. The largest absolute Gasteiger partial charge is 0.506 e. The number of hydrogen-bond acceptors (Lipinski definition) is 3. The lowest BCUT2D eigenvalue weighted by molar-refractivity contribution is 0.476. The second-order valence-corrected chi connectivity index (χ2v) is 12.7. The zero-order chi connectivity index (χ0) is 20.8. The summed E-state index contributed by atoms with van der Waals surface area (Å²) in [6.07, 6.45) is 3.48. The lowest BCUT2D eigenvalue weighted by atomic mass is 10.1. The van der Waals surface area contributed by atoms with Gasteiger partial charge in [0.2, 0.25) is 0 Å². The minimum absolute atomic E-state index is 0.0316. The number of aromatic nitrogens is 3. The monoisotopic (exact) mass is 595 g/mol. The first kappa shape index (κ1) is 22.1. The third kappa shape index (κ3) is 5.95. The molecule has 0 radical (unpaired) electrons. The third-order valence-corrected chi connectivity index (χ3v) is 4.26. The molecule has 0 saturated carbocycles. The summed E-state index contributed by atoms with van der Waals surface area (Å²) in [6.45, 7) is 0. The van der Waals surface area contributed by atoms with Crippen molar-refractivity contribution < 1.29 is 5.11 Å². The van der Waals surface area contributed by atoms with Gasteiger partial charge in [0.25, 0.3) is 0 Å². The van der Waals surface area contributed by atoms with E-state index in [1.54, 1.807) is 24.5 Å². The van der Waals surface area contributed by atoms with Crippen LogP contribution < -0.4 is 0 Å². The number of aromatic hydroxyl groups is 1. The molecule has 4 nitrogen and oxygen atoms in total. The van der Waals surface area contributed by atoms with E-state index in [2.05, 4.69) is 57.2 Å². The lowest BCUT2D eigenvalue weighted by Gasteiger charge is -2.04. The summed E-state index contributed by atoms with van der Waals surface area (Å²) in [5.41, 5.74) is 4.35. The molecule has 0 spiro atoms. The fourth-order valence-electron chi connectivity index (χ4n) is 2.70. The minimum Gasteiger partial charge on any atom is -0.506 e. The summed E-state index contributed by atoms with van der Waals surface area (Å²) in [5.74, 6) is 0.793. The first-order valence-corrected chi connectivity index (χ1v) is 11.5. The molecule has 2 aromatic heterocycles. The lowest BCUT2D eigenvalue weighted by Crippen LogP contribution is -1.84. The summed E-state index contributed by atoms with van der Waals surface area (Å²) >= 11 is 15.3. The van der Waals surface area contributed by atoms with Crippen LogP contribution in [-0.4, -0.2) is 23.2 Å². The summed E-state index contributed by atoms with van der Waals surface area (Å²) in [5, 5.41) is 10.3. The van der Waals surface area contributed by atoms with Gasteiger partial charge in [-0.05, 0) is 24.3 Å². The standard InChI is InChI=1S/C20H14ClN3O.BBr3/c21-16-7-6-15(12-17(16)25)19-18(13-8-10-22-11-9-13)23-20(24-19)14-4-2-1-3-5-14;2-1(3)4/h1-12,25H,(H,23,24);. The maximum atomic E-state index is 9.97. The number of phenols is 1. The van der Waals surface area contributed by atoms with E-state index in [0.717, 1.165) is 33.9 Å². The molecule has 0 fully saturated rings. The van der Waals surface area contributed by atoms with Crippen LogP contribution in [0.3, 0.4) is 0 Å². The van der Waals surface area contributed by atoms with Crippen LogP contribution in [0.1, 0.15) is 0 Å². The molecule has 0 atom stereocenters. The Bertz CT molecular complexity index is 1080. The Kier molecular flexibility index (Phi) is 7.95. The number of nitrogens with one attached hydrogen (secondary N) is 1. The number of nitrogens with zero attached hydrogens (tertiary/aromatic N) is 2. The molecule has 29 heavy (non-hydrogen) atoms. The topological polar surface area (TPSA) is 61.8 Å². The second-order valence-electron chi connectivity index (χ2n) is 5.82. The molecule has 4 aromatic rings. The quantitative estimate of drug-likeness (QED) is 0.243. The Morgan fingerprint density at radius 1 is 0.862 bits per heavy atom. The van der Waals surface area contributed by atoms with Crippen LogP contribution in [0.2, 0.25) is 5.02 Å². The highest BCUT2D eigenvalue weighted by atomic mass is 79.9. The van der Waals surface area contributed by atoms with Crippen molar-refractivity contribution in [2.75, 3.05) is 0 Å². The van der Waals surface area contributed by atoms with Gasteiger partial charge in [-0.25, -0.2) is 4.98 Å². The van der Waals surface area contributed by atoms with Crippen molar-refractivity contribution in [3.63, 3.8) is 0 Å².